The highest BCUT2D eigenvalue weighted by atomic mass is 79.9. The van der Waals surface area contributed by atoms with E-state index in [0.29, 0.717) is 12.2 Å². The maximum absolute atomic E-state index is 12.2. The zero-order valence-corrected chi connectivity index (χ0v) is 15.3. The quantitative estimate of drug-likeness (QED) is 0.713. The third-order valence-corrected chi connectivity index (χ3v) is 4.27. The van der Waals surface area contributed by atoms with E-state index in [2.05, 4.69) is 37.4 Å². The molecule has 1 heterocycles. The SMILES string of the molecule is C#CCOc1ccc(CCNC(=O)c2n[nH]c(C(C)C)c2Br)cc1. The number of nitrogens with one attached hydrogen (secondary N) is 2. The number of hydrogen-bond acceptors (Lipinski definition) is 3. The van der Waals surface area contributed by atoms with Crippen LogP contribution in [0, 0.1) is 12.3 Å². The number of rotatable bonds is 7. The van der Waals surface area contributed by atoms with Gasteiger partial charge in [-0.05, 0) is 46.0 Å². The molecule has 5 nitrogen and oxygen atoms in total. The molecule has 1 aromatic heterocycles. The zero-order chi connectivity index (χ0) is 17.5. The van der Waals surface area contributed by atoms with Crippen LogP contribution < -0.4 is 10.1 Å². The van der Waals surface area contributed by atoms with E-state index >= 15 is 0 Å². The first-order valence-corrected chi connectivity index (χ1v) is 8.49. The van der Waals surface area contributed by atoms with Crippen molar-refractivity contribution in [1.82, 2.24) is 15.5 Å². The maximum atomic E-state index is 12.2. The molecule has 1 aromatic carbocycles. The van der Waals surface area contributed by atoms with Crippen LogP contribution in [0.3, 0.4) is 0 Å². The minimum atomic E-state index is -0.195. The van der Waals surface area contributed by atoms with Crippen LogP contribution in [0.25, 0.3) is 0 Å². The Labute approximate surface area is 150 Å². The van der Waals surface area contributed by atoms with Gasteiger partial charge >= 0.3 is 0 Å². The molecule has 24 heavy (non-hydrogen) atoms. The average Bonchev–Trinajstić information content (AvgIpc) is 2.96. The van der Waals surface area contributed by atoms with E-state index in [0.717, 1.165) is 27.9 Å². The third kappa shape index (κ3) is 4.62. The summed E-state index contributed by atoms with van der Waals surface area (Å²) in [7, 11) is 0. The fraction of sp³-hybridized carbons (Fsp3) is 0.333. The Bertz CT molecular complexity index is 730. The van der Waals surface area contributed by atoms with Gasteiger partial charge in [0, 0.05) is 6.54 Å². The molecule has 6 heteroatoms. The number of carbonyl (C=O) groups excluding carboxylic acids is 1. The number of H-pyrrole nitrogens is 1. The van der Waals surface area contributed by atoms with Crippen LogP contribution in [0.2, 0.25) is 0 Å². The van der Waals surface area contributed by atoms with Crippen molar-refractivity contribution in [2.24, 2.45) is 0 Å². The lowest BCUT2D eigenvalue weighted by atomic mass is 10.1. The van der Waals surface area contributed by atoms with Crippen molar-refractivity contribution in [2.75, 3.05) is 13.2 Å². The molecule has 0 bridgehead atoms. The first-order valence-electron chi connectivity index (χ1n) is 7.70. The number of aromatic amines is 1. The van der Waals surface area contributed by atoms with Crippen molar-refractivity contribution in [3.63, 3.8) is 0 Å². The zero-order valence-electron chi connectivity index (χ0n) is 13.7. The molecule has 2 rings (SSSR count). The lowest BCUT2D eigenvalue weighted by molar-refractivity contribution is 0.0948. The standard InChI is InChI=1S/C18H20BrN3O2/c1-4-11-24-14-7-5-13(6-8-14)9-10-20-18(23)17-15(19)16(12(2)3)21-22-17/h1,5-8,12H,9-11H2,2-3H3,(H,20,23)(H,21,22). The van der Waals surface area contributed by atoms with Crippen LogP contribution >= 0.6 is 15.9 Å². The van der Waals surface area contributed by atoms with Crippen LogP contribution in [0.1, 0.15) is 41.5 Å². The highest BCUT2D eigenvalue weighted by Crippen LogP contribution is 2.25. The monoisotopic (exact) mass is 389 g/mol. The van der Waals surface area contributed by atoms with E-state index in [1.54, 1.807) is 0 Å². The van der Waals surface area contributed by atoms with Gasteiger partial charge in [0.2, 0.25) is 0 Å². The van der Waals surface area contributed by atoms with Gasteiger partial charge in [0.25, 0.3) is 5.91 Å². The molecule has 0 spiro atoms. The summed E-state index contributed by atoms with van der Waals surface area (Å²) in [4.78, 5) is 12.2. The first kappa shape index (κ1) is 18.1. The van der Waals surface area contributed by atoms with Gasteiger partial charge in [0.05, 0.1) is 10.2 Å². The number of halogens is 1. The lowest BCUT2D eigenvalue weighted by Gasteiger charge is -2.06. The molecule has 0 atom stereocenters. The molecule has 0 unspecified atom stereocenters. The molecule has 0 aliphatic rings. The van der Waals surface area contributed by atoms with Gasteiger partial charge in [-0.1, -0.05) is 31.9 Å². The van der Waals surface area contributed by atoms with Gasteiger partial charge in [0.1, 0.15) is 12.4 Å². The fourth-order valence-corrected chi connectivity index (χ4v) is 2.97. The van der Waals surface area contributed by atoms with Gasteiger partial charge < -0.3 is 10.1 Å². The molecule has 0 radical (unpaired) electrons. The molecule has 1 amide bonds. The fourth-order valence-electron chi connectivity index (χ4n) is 2.16. The first-order chi connectivity index (χ1) is 11.5. The van der Waals surface area contributed by atoms with Crippen molar-refractivity contribution in [1.29, 1.82) is 0 Å². The molecular formula is C18H20BrN3O2. The van der Waals surface area contributed by atoms with E-state index < -0.39 is 0 Å². The van der Waals surface area contributed by atoms with Crippen molar-refractivity contribution in [2.45, 2.75) is 26.2 Å². The summed E-state index contributed by atoms with van der Waals surface area (Å²) in [5, 5.41) is 9.87. The second-order valence-electron chi connectivity index (χ2n) is 5.60. The van der Waals surface area contributed by atoms with Crippen LogP contribution in [0.5, 0.6) is 5.75 Å². The minimum Gasteiger partial charge on any atom is -0.481 e. The maximum Gasteiger partial charge on any atom is 0.272 e. The normalized spacial score (nSPS) is 10.5. The molecule has 126 valence electrons. The van der Waals surface area contributed by atoms with E-state index in [9.17, 15) is 4.79 Å². The second kappa shape index (κ2) is 8.55. The van der Waals surface area contributed by atoms with Gasteiger partial charge in [-0.15, -0.1) is 6.42 Å². The van der Waals surface area contributed by atoms with Crippen LogP contribution in [-0.2, 0) is 6.42 Å². The largest absolute Gasteiger partial charge is 0.481 e. The Balaban J connectivity index is 1.85. The van der Waals surface area contributed by atoms with Crippen molar-refractivity contribution in [3.8, 4) is 18.1 Å². The molecule has 0 aliphatic heterocycles. The molecule has 0 aliphatic carbocycles. The van der Waals surface area contributed by atoms with Crippen molar-refractivity contribution < 1.29 is 9.53 Å². The summed E-state index contributed by atoms with van der Waals surface area (Å²) in [6.45, 7) is 4.86. The van der Waals surface area contributed by atoms with Gasteiger partial charge in [-0.25, -0.2) is 0 Å². The Morgan fingerprint density at radius 3 is 2.71 bits per heavy atom. The minimum absolute atomic E-state index is 0.195. The Hall–Kier alpha value is -2.26. The van der Waals surface area contributed by atoms with Crippen LogP contribution in [0.4, 0.5) is 0 Å². The summed E-state index contributed by atoms with van der Waals surface area (Å²) >= 11 is 3.44. The molecule has 2 N–H and O–H groups in total. The van der Waals surface area contributed by atoms with Crippen molar-refractivity contribution >= 4 is 21.8 Å². The van der Waals surface area contributed by atoms with E-state index in [-0.39, 0.29) is 18.4 Å². The third-order valence-electron chi connectivity index (χ3n) is 3.47. The second-order valence-corrected chi connectivity index (χ2v) is 6.39. The Morgan fingerprint density at radius 1 is 1.42 bits per heavy atom. The predicted octanol–water partition coefficient (Wildman–Crippen LogP) is 3.28. The molecule has 0 saturated heterocycles. The Morgan fingerprint density at radius 2 is 2.12 bits per heavy atom. The summed E-state index contributed by atoms with van der Waals surface area (Å²) in [6, 6.07) is 7.65. The van der Waals surface area contributed by atoms with Crippen LogP contribution in [-0.4, -0.2) is 29.3 Å². The highest BCUT2D eigenvalue weighted by molar-refractivity contribution is 9.10. The molecular weight excluding hydrogens is 370 g/mol. The summed E-state index contributed by atoms with van der Waals surface area (Å²) in [6.07, 6.45) is 5.87. The number of benzene rings is 1. The number of hydrogen-bond donors (Lipinski definition) is 2. The number of carbonyl (C=O) groups is 1. The summed E-state index contributed by atoms with van der Waals surface area (Å²) < 4.78 is 6.05. The number of amides is 1. The highest BCUT2D eigenvalue weighted by Gasteiger charge is 2.18. The number of aromatic nitrogens is 2. The summed E-state index contributed by atoms with van der Waals surface area (Å²) in [5.41, 5.74) is 2.41. The predicted molar refractivity (Wildman–Crippen MR) is 97.2 cm³/mol. The molecule has 2 aromatic rings. The van der Waals surface area contributed by atoms with E-state index in [1.165, 1.54) is 0 Å². The number of terminal acetylenes is 1. The van der Waals surface area contributed by atoms with Gasteiger partial charge in [0.15, 0.2) is 5.69 Å². The summed E-state index contributed by atoms with van der Waals surface area (Å²) in [5.74, 6) is 3.23. The molecule has 0 saturated carbocycles. The van der Waals surface area contributed by atoms with Crippen LogP contribution in [0.15, 0.2) is 28.7 Å². The lowest BCUT2D eigenvalue weighted by Crippen LogP contribution is -2.26. The van der Waals surface area contributed by atoms with E-state index in [4.69, 9.17) is 11.2 Å². The molecule has 0 fully saturated rings. The van der Waals surface area contributed by atoms with Gasteiger partial charge in [-0.2, -0.15) is 5.10 Å². The Kier molecular flexibility index (Phi) is 6.44. The number of nitrogens with zero attached hydrogens (tertiary/aromatic N) is 1. The average molecular weight is 390 g/mol. The van der Waals surface area contributed by atoms with Gasteiger partial charge in [-0.3, -0.25) is 9.89 Å². The van der Waals surface area contributed by atoms with Crippen molar-refractivity contribution in [3.05, 3.63) is 45.7 Å². The topological polar surface area (TPSA) is 67.0 Å². The smallest absolute Gasteiger partial charge is 0.272 e. The van der Waals surface area contributed by atoms with E-state index in [1.807, 2.05) is 38.1 Å². The number of ether oxygens (including phenoxy) is 1.